The molecule has 1 unspecified atom stereocenters. The molecule has 0 aliphatic carbocycles. The van der Waals surface area contributed by atoms with Crippen molar-refractivity contribution in [2.45, 2.75) is 26.1 Å². The summed E-state index contributed by atoms with van der Waals surface area (Å²) in [5, 5.41) is 3.09. The van der Waals surface area contributed by atoms with E-state index in [2.05, 4.69) is 20.3 Å². The SMILES string of the molecule is Cc1nc(NC(C)c2cccc(C(F)(F)F)c2F)c2c(n1)N1CCN=C1C(c1ccc(=O)n(C)c1)=C2. The van der Waals surface area contributed by atoms with E-state index in [4.69, 9.17) is 0 Å². The van der Waals surface area contributed by atoms with Crippen LogP contribution in [0.2, 0.25) is 0 Å². The van der Waals surface area contributed by atoms with Crippen molar-refractivity contribution < 1.29 is 17.6 Å². The van der Waals surface area contributed by atoms with Crippen molar-refractivity contribution in [3.05, 3.63) is 80.8 Å². The van der Waals surface area contributed by atoms with Gasteiger partial charge in [-0.25, -0.2) is 14.4 Å². The molecule has 1 aromatic carbocycles. The van der Waals surface area contributed by atoms with E-state index in [1.807, 2.05) is 11.0 Å². The Morgan fingerprint density at radius 1 is 1.14 bits per heavy atom. The molecule has 0 bridgehead atoms. The Balaban J connectivity index is 1.61. The Hall–Kier alpha value is -4.02. The zero-order valence-corrected chi connectivity index (χ0v) is 19.7. The van der Waals surface area contributed by atoms with Crippen LogP contribution in [0.5, 0.6) is 0 Å². The summed E-state index contributed by atoms with van der Waals surface area (Å²) in [5.41, 5.74) is 0.519. The first-order valence-electron chi connectivity index (χ1n) is 11.3. The lowest BCUT2D eigenvalue weighted by Crippen LogP contribution is -2.33. The van der Waals surface area contributed by atoms with Gasteiger partial charge in [-0.05, 0) is 32.1 Å². The predicted octanol–water partition coefficient (Wildman–Crippen LogP) is 4.59. The minimum absolute atomic E-state index is 0.128. The number of fused-ring (bicyclic) bond motifs is 3. The van der Waals surface area contributed by atoms with E-state index >= 15 is 0 Å². The van der Waals surface area contributed by atoms with Gasteiger partial charge in [-0.2, -0.15) is 13.2 Å². The van der Waals surface area contributed by atoms with E-state index < -0.39 is 23.6 Å². The number of aromatic nitrogens is 3. The van der Waals surface area contributed by atoms with Crippen LogP contribution in [-0.2, 0) is 13.2 Å². The number of rotatable bonds is 4. The first kappa shape index (κ1) is 23.7. The second kappa shape index (κ2) is 8.58. The molecule has 7 nitrogen and oxygen atoms in total. The van der Waals surface area contributed by atoms with Gasteiger partial charge in [0.05, 0.1) is 23.7 Å². The van der Waals surface area contributed by atoms with Gasteiger partial charge < -0.3 is 14.8 Å². The van der Waals surface area contributed by atoms with Crippen LogP contribution in [0.25, 0.3) is 11.6 Å². The summed E-state index contributed by atoms with van der Waals surface area (Å²) < 4.78 is 56.0. The summed E-state index contributed by atoms with van der Waals surface area (Å²) in [6.45, 7) is 4.42. The zero-order chi connectivity index (χ0) is 25.8. The molecule has 0 spiro atoms. The highest BCUT2D eigenvalue weighted by molar-refractivity contribution is 6.36. The summed E-state index contributed by atoms with van der Waals surface area (Å²) in [6.07, 6.45) is -1.25. The Kier molecular flexibility index (Phi) is 5.65. The maximum absolute atomic E-state index is 14.8. The van der Waals surface area contributed by atoms with Crippen LogP contribution in [0.4, 0.5) is 29.2 Å². The summed E-state index contributed by atoms with van der Waals surface area (Å²) in [7, 11) is 1.65. The van der Waals surface area contributed by atoms with E-state index in [9.17, 15) is 22.4 Å². The molecule has 2 aliphatic rings. The van der Waals surface area contributed by atoms with Crippen molar-refractivity contribution in [3.63, 3.8) is 0 Å². The summed E-state index contributed by atoms with van der Waals surface area (Å²) in [5.74, 6) is 0.794. The van der Waals surface area contributed by atoms with Crippen LogP contribution in [0, 0.1) is 12.7 Å². The Morgan fingerprint density at radius 3 is 2.64 bits per heavy atom. The smallest absolute Gasteiger partial charge is 0.363 e. The van der Waals surface area contributed by atoms with Gasteiger partial charge in [-0.3, -0.25) is 9.79 Å². The summed E-state index contributed by atoms with van der Waals surface area (Å²) >= 11 is 0. The fraction of sp³-hybridized carbons (Fsp3) is 0.280. The average Bonchev–Trinajstić information content (AvgIpc) is 3.30. The standard InChI is InChI=1S/C25H22F4N6O/c1-13(16-5-4-6-19(21(16)26)25(27,28)29)31-22-18-11-17(15-7-8-20(36)34(3)12-15)23-30-9-10-35(23)24(18)33-14(2)32-22/h4-8,11-13H,9-10H2,1-3H3,(H,31,32,33). The average molecular weight is 498 g/mol. The minimum atomic E-state index is -4.80. The maximum atomic E-state index is 14.8. The number of aryl methyl sites for hydroxylation is 2. The maximum Gasteiger partial charge on any atom is 0.419 e. The number of nitrogens with one attached hydrogen (secondary N) is 1. The normalized spacial score (nSPS) is 15.7. The molecule has 2 aliphatic heterocycles. The molecule has 186 valence electrons. The van der Waals surface area contributed by atoms with Gasteiger partial charge >= 0.3 is 6.18 Å². The molecule has 0 radical (unpaired) electrons. The lowest BCUT2D eigenvalue weighted by molar-refractivity contribution is -0.140. The van der Waals surface area contributed by atoms with Gasteiger partial charge in [0.25, 0.3) is 0 Å². The second-order valence-electron chi connectivity index (χ2n) is 8.71. The number of alkyl halides is 3. The molecule has 3 aromatic rings. The third-order valence-electron chi connectivity index (χ3n) is 6.21. The summed E-state index contributed by atoms with van der Waals surface area (Å²) in [4.78, 5) is 27.6. The van der Waals surface area contributed by atoms with Crippen LogP contribution >= 0.6 is 0 Å². The first-order chi connectivity index (χ1) is 17.0. The third kappa shape index (κ3) is 4.04. The van der Waals surface area contributed by atoms with Crippen molar-refractivity contribution in [2.75, 3.05) is 23.3 Å². The van der Waals surface area contributed by atoms with Crippen molar-refractivity contribution in [2.24, 2.45) is 12.0 Å². The number of aliphatic imine (C=N–C) groups is 1. The second-order valence-corrected chi connectivity index (χ2v) is 8.71. The van der Waals surface area contributed by atoms with Crippen LogP contribution in [-0.4, -0.2) is 33.5 Å². The van der Waals surface area contributed by atoms with Gasteiger partial charge in [-0.15, -0.1) is 0 Å². The zero-order valence-electron chi connectivity index (χ0n) is 19.7. The predicted molar refractivity (Wildman–Crippen MR) is 129 cm³/mol. The molecule has 1 N–H and O–H groups in total. The Labute approximate surface area is 203 Å². The minimum Gasteiger partial charge on any atom is -0.363 e. The monoisotopic (exact) mass is 498 g/mol. The largest absolute Gasteiger partial charge is 0.419 e. The molecule has 0 saturated heterocycles. The first-order valence-corrected chi connectivity index (χ1v) is 11.3. The van der Waals surface area contributed by atoms with E-state index in [1.54, 1.807) is 33.2 Å². The molecule has 0 saturated carbocycles. The van der Waals surface area contributed by atoms with Crippen LogP contribution < -0.4 is 15.8 Å². The van der Waals surface area contributed by atoms with E-state index in [1.165, 1.54) is 22.8 Å². The molecule has 0 amide bonds. The van der Waals surface area contributed by atoms with Crippen LogP contribution in [0.3, 0.4) is 0 Å². The number of amidine groups is 1. The van der Waals surface area contributed by atoms with Gasteiger partial charge in [0.15, 0.2) is 0 Å². The lowest BCUT2D eigenvalue weighted by atomic mass is 9.98. The molecule has 5 rings (SSSR count). The number of hydrogen-bond donors (Lipinski definition) is 1. The molecule has 2 aromatic heterocycles. The summed E-state index contributed by atoms with van der Waals surface area (Å²) in [6, 6.07) is 5.58. The number of pyridine rings is 1. The van der Waals surface area contributed by atoms with Gasteiger partial charge in [0.1, 0.15) is 29.1 Å². The number of halogens is 4. The van der Waals surface area contributed by atoms with E-state index in [0.717, 1.165) is 17.2 Å². The van der Waals surface area contributed by atoms with Gasteiger partial charge in [-0.1, -0.05) is 12.1 Å². The van der Waals surface area contributed by atoms with Gasteiger partial charge in [0.2, 0.25) is 5.56 Å². The molecule has 0 fully saturated rings. The topological polar surface area (TPSA) is 75.4 Å². The van der Waals surface area contributed by atoms with Gasteiger partial charge in [0, 0.05) is 42.6 Å². The Morgan fingerprint density at radius 2 is 1.92 bits per heavy atom. The highest BCUT2D eigenvalue weighted by Gasteiger charge is 2.36. The fourth-order valence-corrected chi connectivity index (χ4v) is 4.46. The van der Waals surface area contributed by atoms with Crippen molar-refractivity contribution in [3.8, 4) is 0 Å². The van der Waals surface area contributed by atoms with E-state index in [0.29, 0.717) is 41.9 Å². The van der Waals surface area contributed by atoms with Crippen molar-refractivity contribution in [1.29, 1.82) is 0 Å². The molecule has 11 heteroatoms. The molecular formula is C25H22F4N6O. The number of hydrogen-bond acceptors (Lipinski definition) is 6. The molecular weight excluding hydrogens is 476 g/mol. The molecule has 1 atom stereocenters. The quantitative estimate of drug-likeness (QED) is 0.533. The third-order valence-corrected chi connectivity index (χ3v) is 6.21. The van der Waals surface area contributed by atoms with E-state index in [-0.39, 0.29) is 11.1 Å². The lowest BCUT2D eigenvalue weighted by Gasteiger charge is -2.29. The number of nitrogens with zero attached hydrogens (tertiary/aromatic N) is 5. The molecule has 36 heavy (non-hydrogen) atoms. The highest BCUT2D eigenvalue weighted by atomic mass is 19.4. The van der Waals surface area contributed by atoms with Crippen LogP contribution in [0.1, 0.15) is 41.0 Å². The van der Waals surface area contributed by atoms with Crippen LogP contribution in [0.15, 0.2) is 46.3 Å². The van der Waals surface area contributed by atoms with Crippen molar-refractivity contribution >= 4 is 29.1 Å². The number of anilines is 2. The Bertz CT molecular complexity index is 1490. The number of benzene rings is 1. The highest BCUT2D eigenvalue weighted by Crippen LogP contribution is 2.39. The van der Waals surface area contributed by atoms with Crippen molar-refractivity contribution in [1.82, 2.24) is 14.5 Å². The molecule has 4 heterocycles. The fourth-order valence-electron chi connectivity index (χ4n) is 4.46.